The molecule has 1 fully saturated rings. The van der Waals surface area contributed by atoms with Crippen LogP contribution in [0.5, 0.6) is 0 Å². The van der Waals surface area contributed by atoms with Crippen LogP contribution in [-0.4, -0.2) is 56.2 Å². The van der Waals surface area contributed by atoms with Gasteiger partial charge in [-0.1, -0.05) is 5.92 Å². The summed E-state index contributed by atoms with van der Waals surface area (Å²) in [4.78, 5) is 21.9. The summed E-state index contributed by atoms with van der Waals surface area (Å²) in [5.74, 6) is 1.75. The molecule has 10 heteroatoms. The molecule has 4 N–H and O–H groups in total. The average molecular weight is 323 g/mol. The van der Waals surface area contributed by atoms with Crippen molar-refractivity contribution < 1.29 is 19.0 Å². The number of nitrogens with two attached hydrogens (primary N) is 1. The summed E-state index contributed by atoms with van der Waals surface area (Å²) < 4.78 is 26.6. The van der Waals surface area contributed by atoms with Crippen molar-refractivity contribution in [2.24, 2.45) is 0 Å². The van der Waals surface area contributed by atoms with Gasteiger partial charge in [0, 0.05) is 7.11 Å². The molecule has 1 aliphatic heterocycles. The maximum atomic E-state index is 15.1. The van der Waals surface area contributed by atoms with Crippen LogP contribution in [0, 0.1) is 12.3 Å². The highest BCUT2D eigenvalue weighted by Crippen LogP contribution is 2.42. The van der Waals surface area contributed by atoms with Gasteiger partial charge >= 0.3 is 0 Å². The molecule has 122 valence electrons. The quantitative estimate of drug-likeness (QED) is 0.615. The van der Waals surface area contributed by atoms with Crippen molar-refractivity contribution in [3.63, 3.8) is 0 Å². The number of anilines is 1. The number of hydrogen-bond donors (Lipinski definition) is 3. The van der Waals surface area contributed by atoms with Crippen LogP contribution in [-0.2, 0) is 9.47 Å². The van der Waals surface area contributed by atoms with Crippen molar-refractivity contribution in [1.29, 1.82) is 0 Å². The zero-order chi connectivity index (χ0) is 16.8. The van der Waals surface area contributed by atoms with Gasteiger partial charge in [-0.25, -0.2) is 9.37 Å². The van der Waals surface area contributed by atoms with Gasteiger partial charge in [0.2, 0.25) is 11.6 Å². The molecule has 2 aromatic rings. The van der Waals surface area contributed by atoms with Gasteiger partial charge in [-0.3, -0.25) is 14.3 Å². The highest BCUT2D eigenvalue weighted by atomic mass is 19.1. The van der Waals surface area contributed by atoms with Gasteiger partial charge in [0.05, 0.1) is 12.9 Å². The number of halogens is 1. The molecule has 0 bridgehead atoms. The van der Waals surface area contributed by atoms with Crippen LogP contribution < -0.4 is 11.3 Å². The van der Waals surface area contributed by atoms with Crippen LogP contribution in [0.1, 0.15) is 6.23 Å². The predicted octanol–water partition coefficient (Wildman–Crippen LogP) is -1.05. The van der Waals surface area contributed by atoms with Crippen molar-refractivity contribution in [3.05, 3.63) is 16.7 Å². The second kappa shape index (κ2) is 5.31. The zero-order valence-electron chi connectivity index (χ0n) is 12.1. The number of H-pyrrole nitrogens is 1. The first-order valence-corrected chi connectivity index (χ1v) is 6.63. The normalized spacial score (nSPS) is 30.6. The second-order valence-electron chi connectivity index (χ2n) is 5.11. The van der Waals surface area contributed by atoms with E-state index < -0.39 is 29.7 Å². The predicted molar refractivity (Wildman–Crippen MR) is 77.0 cm³/mol. The number of aliphatic hydroxyl groups excluding tert-OH is 1. The zero-order valence-corrected chi connectivity index (χ0v) is 12.1. The summed E-state index contributed by atoms with van der Waals surface area (Å²) in [6.45, 7) is -0.0617. The molecule has 0 spiro atoms. The van der Waals surface area contributed by atoms with Gasteiger partial charge in [0.25, 0.3) is 5.56 Å². The molecule has 1 saturated heterocycles. The smallest absolute Gasteiger partial charge is 0.280 e. The minimum Gasteiger partial charge on any atom is -0.386 e. The molecule has 3 heterocycles. The number of ether oxygens (including phenoxy) is 2. The van der Waals surface area contributed by atoms with E-state index in [-0.39, 0.29) is 23.7 Å². The van der Waals surface area contributed by atoms with Gasteiger partial charge in [-0.05, 0) is 0 Å². The lowest BCUT2D eigenvalue weighted by Crippen LogP contribution is -2.42. The Morgan fingerprint density at radius 2 is 2.48 bits per heavy atom. The minimum absolute atomic E-state index is 0.00112. The Bertz CT molecular complexity index is 843. The molecular formula is C13H14FN5O4. The third kappa shape index (κ3) is 2.17. The van der Waals surface area contributed by atoms with Crippen LogP contribution in [0.3, 0.4) is 0 Å². The highest BCUT2D eigenvalue weighted by Gasteiger charge is 2.57. The van der Waals surface area contributed by atoms with Crippen LogP contribution in [0.4, 0.5) is 10.3 Å². The molecule has 4 atom stereocenters. The van der Waals surface area contributed by atoms with Gasteiger partial charge in [-0.2, -0.15) is 4.98 Å². The number of fused-ring (bicyclic) bond motifs is 1. The number of imidazole rings is 1. The Morgan fingerprint density at radius 1 is 1.74 bits per heavy atom. The van der Waals surface area contributed by atoms with Crippen molar-refractivity contribution in [2.45, 2.75) is 24.1 Å². The Balaban J connectivity index is 2.14. The van der Waals surface area contributed by atoms with Gasteiger partial charge in [-0.15, -0.1) is 6.42 Å². The lowest BCUT2D eigenvalue weighted by molar-refractivity contribution is -0.0575. The molecule has 0 aliphatic carbocycles. The van der Waals surface area contributed by atoms with Crippen molar-refractivity contribution >= 4 is 17.1 Å². The number of nitrogens with one attached hydrogen (secondary N) is 1. The van der Waals surface area contributed by atoms with Crippen molar-refractivity contribution in [3.8, 4) is 12.3 Å². The number of aromatic nitrogens is 4. The molecule has 23 heavy (non-hydrogen) atoms. The monoisotopic (exact) mass is 323 g/mol. The van der Waals surface area contributed by atoms with Gasteiger partial charge in [0.1, 0.15) is 12.2 Å². The van der Waals surface area contributed by atoms with E-state index >= 15 is 4.39 Å². The molecule has 0 aromatic carbocycles. The van der Waals surface area contributed by atoms with Crippen LogP contribution in [0.25, 0.3) is 11.2 Å². The Kier molecular flexibility index (Phi) is 3.56. The maximum absolute atomic E-state index is 15.1. The van der Waals surface area contributed by atoms with E-state index in [9.17, 15) is 9.90 Å². The fraction of sp³-hybridized carbons (Fsp3) is 0.462. The first-order valence-electron chi connectivity index (χ1n) is 6.63. The molecule has 0 amide bonds. The van der Waals surface area contributed by atoms with Crippen LogP contribution >= 0.6 is 0 Å². The number of rotatable bonds is 3. The molecule has 3 rings (SSSR count). The summed E-state index contributed by atoms with van der Waals surface area (Å²) in [6, 6.07) is 0. The van der Waals surface area contributed by atoms with E-state index in [1.807, 2.05) is 5.92 Å². The number of hydrogen-bond acceptors (Lipinski definition) is 7. The first-order chi connectivity index (χ1) is 10.9. The van der Waals surface area contributed by atoms with Gasteiger partial charge < -0.3 is 20.3 Å². The molecule has 0 saturated carbocycles. The fourth-order valence-electron chi connectivity index (χ4n) is 2.59. The van der Waals surface area contributed by atoms with Crippen molar-refractivity contribution in [1.82, 2.24) is 19.5 Å². The average Bonchev–Trinajstić information content (AvgIpc) is 3.02. The number of nitrogen functional groups attached to an aromatic ring is 1. The summed E-state index contributed by atoms with van der Waals surface area (Å²) in [5, 5.41) is 10.1. The Hall–Kier alpha value is -2.48. The first kappa shape index (κ1) is 15.4. The van der Waals surface area contributed by atoms with Crippen LogP contribution in [0.2, 0.25) is 0 Å². The summed E-state index contributed by atoms with van der Waals surface area (Å²) in [7, 11) is 1.38. The number of nitrogens with zero attached hydrogens (tertiary/aromatic N) is 3. The molecule has 0 unspecified atom stereocenters. The van der Waals surface area contributed by atoms with E-state index in [0.29, 0.717) is 0 Å². The lowest BCUT2D eigenvalue weighted by Gasteiger charge is -2.23. The largest absolute Gasteiger partial charge is 0.386 e. The molecular weight excluding hydrogens is 309 g/mol. The van der Waals surface area contributed by atoms with E-state index in [1.54, 1.807) is 0 Å². The van der Waals surface area contributed by atoms with E-state index in [0.717, 1.165) is 10.9 Å². The number of aliphatic hydroxyl groups is 1. The molecule has 1 aliphatic rings. The third-order valence-corrected chi connectivity index (χ3v) is 3.70. The number of aromatic amines is 1. The topological polar surface area (TPSA) is 128 Å². The van der Waals surface area contributed by atoms with Crippen molar-refractivity contribution in [2.75, 3.05) is 19.5 Å². The lowest BCUT2D eigenvalue weighted by atomic mass is 9.97. The highest BCUT2D eigenvalue weighted by molar-refractivity contribution is 5.70. The summed E-state index contributed by atoms with van der Waals surface area (Å²) >= 11 is 0. The second-order valence-corrected chi connectivity index (χ2v) is 5.11. The third-order valence-electron chi connectivity index (χ3n) is 3.70. The SMILES string of the molecule is C#C[C@@]1(F)[C@H](O)[C@@H](COC)O[C@H]1n1cnc2c(=O)[nH]c(N)nc21. The van der Waals surface area contributed by atoms with E-state index in [1.165, 1.54) is 7.11 Å². The number of methoxy groups -OCH3 is 1. The Labute approximate surface area is 129 Å². The fourth-order valence-corrected chi connectivity index (χ4v) is 2.59. The van der Waals surface area contributed by atoms with E-state index in [2.05, 4.69) is 15.0 Å². The maximum Gasteiger partial charge on any atom is 0.280 e. The molecule has 0 radical (unpaired) electrons. The number of terminal acetylenes is 1. The standard InChI is InChI=1S/C13H14FN5O4/c1-3-13(14)8(20)6(4-22-2)23-11(13)19-5-16-7-9(19)17-12(15)18-10(7)21/h1,5-6,8,11,20H,4H2,2H3,(H3,15,17,18,21)/t6-,8-,11-,13-/m1/s1. The van der Waals surface area contributed by atoms with E-state index in [4.69, 9.17) is 21.6 Å². The minimum atomic E-state index is -2.55. The number of alkyl halides is 1. The van der Waals surface area contributed by atoms with Crippen LogP contribution in [0.15, 0.2) is 11.1 Å². The Morgan fingerprint density at radius 3 is 3.13 bits per heavy atom. The van der Waals surface area contributed by atoms with Gasteiger partial charge in [0.15, 0.2) is 17.4 Å². The molecule has 9 nitrogen and oxygen atoms in total. The summed E-state index contributed by atoms with van der Waals surface area (Å²) in [6.07, 6.45) is 2.39. The summed E-state index contributed by atoms with van der Waals surface area (Å²) in [5.41, 5.74) is 2.33. The molecule has 2 aromatic heterocycles.